The topological polar surface area (TPSA) is 105 Å². The summed E-state index contributed by atoms with van der Waals surface area (Å²) in [5.41, 5.74) is 0.970. The first-order valence-electron chi connectivity index (χ1n) is 10.1. The molecule has 2 atom stereocenters. The number of carbonyl (C=O) groups excluding carboxylic acids is 4. The monoisotopic (exact) mass is 417 g/mol. The molecule has 2 aliphatic heterocycles. The zero-order valence-corrected chi connectivity index (χ0v) is 17.0. The Morgan fingerprint density at radius 1 is 1.13 bits per heavy atom. The molecule has 0 saturated carbocycles. The van der Waals surface area contributed by atoms with Crippen LogP contribution in [0.5, 0.6) is 0 Å². The van der Waals surface area contributed by atoms with Crippen molar-refractivity contribution in [2.45, 2.75) is 38.0 Å². The molecule has 9 nitrogen and oxygen atoms in total. The number of hydrogen-bond donors (Lipinski definition) is 1. The lowest BCUT2D eigenvalue weighted by Crippen LogP contribution is -2.51. The molecule has 0 bridgehead atoms. The van der Waals surface area contributed by atoms with E-state index in [2.05, 4.69) is 10.1 Å². The van der Waals surface area contributed by atoms with Gasteiger partial charge in [-0.3, -0.25) is 19.2 Å². The van der Waals surface area contributed by atoms with Crippen molar-refractivity contribution >= 4 is 23.7 Å². The van der Waals surface area contributed by atoms with Gasteiger partial charge in [-0.25, -0.2) is 0 Å². The normalized spacial score (nSPS) is 21.0. The average Bonchev–Trinajstić information content (AvgIpc) is 3.37. The Morgan fingerprint density at radius 2 is 1.90 bits per heavy atom. The van der Waals surface area contributed by atoms with Crippen molar-refractivity contribution in [3.8, 4) is 0 Å². The highest BCUT2D eigenvalue weighted by atomic mass is 16.5. The number of amides is 3. The maximum Gasteiger partial charge on any atom is 0.325 e. The molecule has 0 aromatic heterocycles. The second-order valence-corrected chi connectivity index (χ2v) is 7.41. The van der Waals surface area contributed by atoms with E-state index < -0.39 is 18.1 Å². The zero-order chi connectivity index (χ0) is 21.5. The number of esters is 1. The summed E-state index contributed by atoms with van der Waals surface area (Å²) in [4.78, 5) is 52.0. The lowest BCUT2D eigenvalue weighted by Gasteiger charge is -2.25. The maximum atomic E-state index is 12.7. The van der Waals surface area contributed by atoms with E-state index >= 15 is 0 Å². The minimum Gasteiger partial charge on any atom is -0.468 e. The van der Waals surface area contributed by atoms with E-state index in [-0.39, 0.29) is 30.9 Å². The average molecular weight is 417 g/mol. The van der Waals surface area contributed by atoms with E-state index in [0.717, 1.165) is 12.0 Å². The molecule has 0 spiro atoms. The summed E-state index contributed by atoms with van der Waals surface area (Å²) in [6.45, 7) is 0.949. The fourth-order valence-corrected chi connectivity index (χ4v) is 3.77. The smallest absolute Gasteiger partial charge is 0.325 e. The van der Waals surface area contributed by atoms with Crippen molar-refractivity contribution in [2.75, 3.05) is 33.4 Å². The standard InChI is InChI=1S/C21H27N3O6/c1-29-19(26)12-23-11-9-16(21(23)28)22-20(27)17-8-5-10-24(17)18(25)14-30-13-15-6-3-2-4-7-15/h2-4,6-7,16-17H,5,8-14H2,1H3,(H,22,27)/t16-,17+/m1/s1. The SMILES string of the molecule is COC(=O)CN1CC[C@@H](NC(=O)[C@@H]2CCCN2C(=O)COCc2ccccc2)C1=O. The van der Waals surface area contributed by atoms with Crippen LogP contribution in [-0.2, 0) is 35.3 Å². The zero-order valence-electron chi connectivity index (χ0n) is 17.0. The van der Waals surface area contributed by atoms with E-state index in [4.69, 9.17) is 4.74 Å². The van der Waals surface area contributed by atoms with Crippen molar-refractivity contribution in [2.24, 2.45) is 0 Å². The molecular formula is C21H27N3O6. The number of likely N-dealkylation sites (tertiary alicyclic amines) is 2. The molecule has 2 aliphatic rings. The fraction of sp³-hybridized carbons (Fsp3) is 0.524. The highest BCUT2D eigenvalue weighted by molar-refractivity contribution is 5.94. The van der Waals surface area contributed by atoms with Crippen molar-refractivity contribution in [1.82, 2.24) is 15.1 Å². The third-order valence-electron chi connectivity index (χ3n) is 5.37. The maximum absolute atomic E-state index is 12.7. The summed E-state index contributed by atoms with van der Waals surface area (Å²) in [5.74, 6) is -1.40. The molecule has 0 unspecified atom stereocenters. The van der Waals surface area contributed by atoms with Crippen molar-refractivity contribution in [3.05, 3.63) is 35.9 Å². The van der Waals surface area contributed by atoms with Crippen LogP contribution in [0.3, 0.4) is 0 Å². The molecule has 30 heavy (non-hydrogen) atoms. The number of rotatable bonds is 8. The Labute approximate surface area is 175 Å². The number of ether oxygens (including phenoxy) is 2. The van der Waals surface area contributed by atoms with Gasteiger partial charge in [0.2, 0.25) is 17.7 Å². The van der Waals surface area contributed by atoms with Crippen molar-refractivity contribution in [1.29, 1.82) is 0 Å². The van der Waals surface area contributed by atoms with Gasteiger partial charge >= 0.3 is 5.97 Å². The second-order valence-electron chi connectivity index (χ2n) is 7.41. The number of carbonyl (C=O) groups is 4. The third kappa shape index (κ3) is 5.35. The van der Waals surface area contributed by atoms with Gasteiger partial charge in [0.1, 0.15) is 25.2 Å². The van der Waals surface area contributed by atoms with E-state index in [0.29, 0.717) is 32.5 Å². The Hall–Kier alpha value is -2.94. The van der Waals surface area contributed by atoms with Crippen LogP contribution < -0.4 is 5.32 Å². The minimum atomic E-state index is -0.686. The van der Waals surface area contributed by atoms with E-state index in [9.17, 15) is 19.2 Å². The molecule has 0 radical (unpaired) electrons. The summed E-state index contributed by atoms with van der Waals surface area (Å²) in [6, 6.07) is 8.24. The van der Waals surface area contributed by atoms with Gasteiger partial charge in [-0.05, 0) is 24.8 Å². The molecule has 162 valence electrons. The molecule has 3 amide bonds. The van der Waals surface area contributed by atoms with Crippen LogP contribution in [0.4, 0.5) is 0 Å². The third-order valence-corrected chi connectivity index (χ3v) is 5.37. The van der Waals surface area contributed by atoms with E-state index in [1.54, 1.807) is 0 Å². The molecule has 0 aliphatic carbocycles. The first-order valence-corrected chi connectivity index (χ1v) is 10.1. The summed E-state index contributed by atoms with van der Waals surface area (Å²) < 4.78 is 10.1. The Balaban J connectivity index is 1.48. The molecule has 2 heterocycles. The number of benzene rings is 1. The fourth-order valence-electron chi connectivity index (χ4n) is 3.77. The van der Waals surface area contributed by atoms with Gasteiger partial charge in [0.05, 0.1) is 13.7 Å². The van der Waals surface area contributed by atoms with Crippen molar-refractivity contribution < 1.29 is 28.7 Å². The predicted molar refractivity (Wildman–Crippen MR) is 106 cm³/mol. The largest absolute Gasteiger partial charge is 0.468 e. The lowest BCUT2D eigenvalue weighted by atomic mass is 10.1. The summed E-state index contributed by atoms with van der Waals surface area (Å²) >= 11 is 0. The summed E-state index contributed by atoms with van der Waals surface area (Å²) in [5, 5.41) is 2.74. The molecule has 1 aromatic rings. The highest BCUT2D eigenvalue weighted by Gasteiger charge is 2.39. The van der Waals surface area contributed by atoms with Gasteiger partial charge in [-0.2, -0.15) is 0 Å². The van der Waals surface area contributed by atoms with Crippen LogP contribution in [0.15, 0.2) is 30.3 Å². The van der Waals surface area contributed by atoms with Crippen LogP contribution >= 0.6 is 0 Å². The second kappa shape index (κ2) is 10.2. The number of nitrogens with zero attached hydrogens (tertiary/aromatic N) is 2. The highest BCUT2D eigenvalue weighted by Crippen LogP contribution is 2.19. The first kappa shape index (κ1) is 21.8. The molecule has 9 heteroatoms. The van der Waals surface area contributed by atoms with E-state index in [1.165, 1.54) is 16.9 Å². The molecule has 1 N–H and O–H groups in total. The molecular weight excluding hydrogens is 390 g/mol. The van der Waals surface area contributed by atoms with Crippen LogP contribution in [0.25, 0.3) is 0 Å². The van der Waals surface area contributed by atoms with Crippen LogP contribution in [0, 0.1) is 0 Å². The van der Waals surface area contributed by atoms with Crippen molar-refractivity contribution in [3.63, 3.8) is 0 Å². The van der Waals surface area contributed by atoms with Gasteiger partial charge in [0.25, 0.3) is 0 Å². The molecule has 2 saturated heterocycles. The van der Waals surface area contributed by atoms with Crippen LogP contribution in [0.1, 0.15) is 24.8 Å². The van der Waals surface area contributed by atoms with Crippen LogP contribution in [0.2, 0.25) is 0 Å². The summed E-state index contributed by atoms with van der Waals surface area (Å²) in [7, 11) is 1.26. The summed E-state index contributed by atoms with van der Waals surface area (Å²) in [6.07, 6.45) is 1.68. The predicted octanol–water partition coefficient (Wildman–Crippen LogP) is 0.0843. The van der Waals surface area contributed by atoms with Gasteiger partial charge in [-0.1, -0.05) is 30.3 Å². The van der Waals surface area contributed by atoms with Crippen LogP contribution in [-0.4, -0.2) is 78.9 Å². The van der Waals surface area contributed by atoms with Gasteiger partial charge in [0, 0.05) is 13.1 Å². The Bertz CT molecular complexity index is 784. The van der Waals surface area contributed by atoms with Gasteiger partial charge in [0.15, 0.2) is 0 Å². The van der Waals surface area contributed by atoms with Gasteiger partial charge < -0.3 is 24.6 Å². The number of nitrogens with one attached hydrogen (secondary N) is 1. The lowest BCUT2D eigenvalue weighted by molar-refractivity contribution is -0.146. The quantitative estimate of drug-likeness (QED) is 0.601. The van der Waals surface area contributed by atoms with Gasteiger partial charge in [-0.15, -0.1) is 0 Å². The Kier molecular flexibility index (Phi) is 7.40. The Morgan fingerprint density at radius 3 is 2.63 bits per heavy atom. The molecule has 3 rings (SSSR count). The molecule has 1 aromatic carbocycles. The number of hydrogen-bond acceptors (Lipinski definition) is 6. The van der Waals surface area contributed by atoms with E-state index in [1.807, 2.05) is 30.3 Å². The molecule has 2 fully saturated rings. The first-order chi connectivity index (χ1) is 14.5. The number of methoxy groups -OCH3 is 1. The minimum absolute atomic E-state index is 0.103.